The molecule has 0 aliphatic carbocycles. The fraction of sp³-hybridized carbons (Fsp3) is 0.226. The van der Waals surface area contributed by atoms with E-state index in [4.69, 9.17) is 5.73 Å². The first kappa shape index (κ1) is 75.9. The summed E-state index contributed by atoms with van der Waals surface area (Å²) in [5, 5.41) is 0. The smallest absolute Gasteiger partial charge is 0.193 e. The summed E-state index contributed by atoms with van der Waals surface area (Å²) < 4.78 is 0. The molecule has 12 heteroatoms. The number of nitrogen functional groups attached to an aromatic ring is 1. The summed E-state index contributed by atoms with van der Waals surface area (Å²) in [4.78, 5) is 74.2. The van der Waals surface area contributed by atoms with Gasteiger partial charge in [-0.05, 0) is 211 Å². The van der Waals surface area contributed by atoms with E-state index in [9.17, 15) is 24.0 Å². The summed E-state index contributed by atoms with van der Waals surface area (Å²) in [6.45, 7) is 18.6. The molecule has 0 spiro atoms. The van der Waals surface area contributed by atoms with Gasteiger partial charge in [0, 0.05) is 177 Å². The maximum atomic E-state index is 12.7. The Morgan fingerprint density at radius 2 is 0.375 bits per heavy atom. The minimum atomic E-state index is 0. The SMILES string of the molecule is C.CCN(CC)c1ccc(C(=O)c2ccc(N(CC)CC)cc2)cc1.CCN(CC)c1ccc(C(=O)c2ccccc2)cc1.CN(C)c1ccc(C(=O)c2ccc(N(C)C)cc2)cc1.CN(C)c1ccc(C(=O)c2ccccc2)cc1.Nc1ccc(C(=O)c2ccccc2)cc1. The first-order chi connectivity index (χ1) is 45.8. The zero-order chi connectivity index (χ0) is 68.8. The van der Waals surface area contributed by atoms with Crippen LogP contribution >= 0.6 is 0 Å². The van der Waals surface area contributed by atoms with E-state index in [1.807, 2.05) is 281 Å². The van der Waals surface area contributed by atoms with Crippen molar-refractivity contribution in [3.63, 3.8) is 0 Å². The Morgan fingerprint density at radius 3 is 0.531 bits per heavy atom. The number of rotatable bonds is 22. The number of hydrogen-bond donors (Lipinski definition) is 1. The van der Waals surface area contributed by atoms with Crippen LogP contribution < -0.4 is 35.1 Å². The average molecular weight is 1280 g/mol. The number of nitrogens with two attached hydrogens (primary N) is 1. The number of benzene rings is 10. The van der Waals surface area contributed by atoms with Crippen LogP contribution in [0.1, 0.15) is 129 Å². The van der Waals surface area contributed by atoms with Gasteiger partial charge >= 0.3 is 0 Å². The maximum Gasteiger partial charge on any atom is 0.193 e. The van der Waals surface area contributed by atoms with Gasteiger partial charge in [-0.2, -0.15) is 0 Å². The van der Waals surface area contributed by atoms with Crippen molar-refractivity contribution in [3.8, 4) is 0 Å². The Balaban J connectivity index is 0.000000218. The molecule has 12 nitrogen and oxygen atoms in total. The highest BCUT2D eigenvalue weighted by molar-refractivity contribution is 6.11. The van der Waals surface area contributed by atoms with Gasteiger partial charge in [0.2, 0.25) is 0 Å². The van der Waals surface area contributed by atoms with Gasteiger partial charge < -0.3 is 35.1 Å². The monoisotopic (exact) mass is 1280 g/mol. The average Bonchev–Trinajstić information content (AvgIpc) is 1.40. The van der Waals surface area contributed by atoms with Crippen LogP contribution in [-0.4, -0.2) is 110 Å². The largest absolute Gasteiger partial charge is 0.399 e. The molecule has 0 fully saturated rings. The minimum absolute atomic E-state index is 0. The zero-order valence-corrected chi connectivity index (χ0v) is 57.4. The lowest BCUT2D eigenvalue weighted by molar-refractivity contribution is 0.103. The molecule has 0 aliphatic rings. The van der Waals surface area contributed by atoms with E-state index < -0.39 is 0 Å². The van der Waals surface area contributed by atoms with E-state index in [1.165, 1.54) is 0 Å². The molecule has 2 N–H and O–H groups in total. The Morgan fingerprint density at radius 1 is 0.229 bits per heavy atom. The number of hydrogen-bond acceptors (Lipinski definition) is 12. The molecule has 0 saturated heterocycles. The number of carbonyl (C=O) groups is 5. The number of carbonyl (C=O) groups excluding carboxylic acids is 5. The lowest BCUT2D eigenvalue weighted by atomic mass is 10.0. The highest BCUT2D eigenvalue weighted by Gasteiger charge is 2.15. The van der Waals surface area contributed by atoms with Crippen LogP contribution in [0, 0.1) is 0 Å². The molecule has 96 heavy (non-hydrogen) atoms. The fourth-order valence-electron chi connectivity index (χ4n) is 10.2. The predicted octanol–water partition coefficient (Wildman–Crippen LogP) is 17.5. The van der Waals surface area contributed by atoms with E-state index in [2.05, 4.69) is 56.2 Å². The molecule has 0 atom stereocenters. The third-order valence-corrected chi connectivity index (χ3v) is 16.0. The molecule has 0 unspecified atom stereocenters. The van der Waals surface area contributed by atoms with Gasteiger partial charge in [-0.1, -0.05) is 98.4 Å². The third-order valence-electron chi connectivity index (χ3n) is 16.0. The predicted molar refractivity (Wildman–Crippen MR) is 406 cm³/mol. The summed E-state index contributed by atoms with van der Waals surface area (Å²) in [5.74, 6) is 0.297. The van der Waals surface area contributed by atoms with Crippen LogP contribution in [0.4, 0.5) is 39.8 Å². The number of nitrogens with zero attached hydrogens (tertiary/aromatic N) is 6. The summed E-state index contributed by atoms with van der Waals surface area (Å²) in [5.41, 5.74) is 20.2. The summed E-state index contributed by atoms with van der Waals surface area (Å²) in [7, 11) is 11.9. The summed E-state index contributed by atoms with van der Waals surface area (Å²) in [6.07, 6.45) is 0. The van der Waals surface area contributed by atoms with Gasteiger partial charge in [-0.25, -0.2) is 0 Å². The highest BCUT2D eigenvalue weighted by Crippen LogP contribution is 2.23. The van der Waals surface area contributed by atoms with Crippen molar-refractivity contribution in [2.24, 2.45) is 0 Å². The normalized spacial score (nSPS) is 10.1. The maximum absolute atomic E-state index is 12.7. The van der Waals surface area contributed by atoms with Crippen molar-refractivity contribution in [1.29, 1.82) is 0 Å². The van der Waals surface area contributed by atoms with E-state index in [0.717, 1.165) is 107 Å². The van der Waals surface area contributed by atoms with Gasteiger partial charge in [0.1, 0.15) is 0 Å². The summed E-state index contributed by atoms with van der Waals surface area (Å²) in [6, 6.07) is 81.5. The van der Waals surface area contributed by atoms with Crippen LogP contribution in [0.25, 0.3) is 0 Å². The van der Waals surface area contributed by atoms with Crippen molar-refractivity contribution in [2.45, 2.75) is 49.0 Å². The van der Waals surface area contributed by atoms with E-state index in [1.54, 1.807) is 36.4 Å². The number of ketones is 5. The first-order valence-electron chi connectivity index (χ1n) is 32.5. The topological polar surface area (TPSA) is 131 Å². The lowest BCUT2D eigenvalue weighted by Gasteiger charge is -2.21. The number of anilines is 7. The molecule has 10 aromatic rings. The molecular formula is C84H97N7O5. The van der Waals surface area contributed by atoms with E-state index >= 15 is 0 Å². The molecule has 10 rings (SSSR count). The van der Waals surface area contributed by atoms with Gasteiger partial charge in [0.15, 0.2) is 28.9 Å². The van der Waals surface area contributed by atoms with Gasteiger partial charge in [0.25, 0.3) is 0 Å². The lowest BCUT2D eigenvalue weighted by Crippen LogP contribution is -2.22. The molecule has 0 aromatic heterocycles. The van der Waals surface area contributed by atoms with Crippen LogP contribution in [0.3, 0.4) is 0 Å². The first-order valence-corrected chi connectivity index (χ1v) is 32.5. The van der Waals surface area contributed by atoms with Crippen molar-refractivity contribution >= 4 is 68.7 Å². The molecule has 0 amide bonds. The zero-order valence-electron chi connectivity index (χ0n) is 57.4. The second-order valence-corrected chi connectivity index (χ2v) is 22.8. The van der Waals surface area contributed by atoms with E-state index in [0.29, 0.717) is 27.9 Å². The van der Waals surface area contributed by atoms with Gasteiger partial charge in [-0.15, -0.1) is 0 Å². The standard InChI is InChI=1S/C21H28N2O.C17H20N2O.C17H19NO.C15H15NO.C13H11NO.CH4/c1-5-22(6-2)19-13-9-17(10-14-19)21(24)18-11-15-20(16-12-18)23(7-3)8-4;1-18(2)15-9-5-13(6-10-15)17(20)14-7-11-16(12-8-14)19(3)4;1-3-18(4-2)16-12-10-15(11-13-16)17(19)14-8-6-5-7-9-14;1-16(2)14-10-8-13(9-11-14)15(17)12-6-4-3-5-7-12;14-12-8-6-11(7-9-12)13(15)10-4-2-1-3-5-10;/h9-16H,5-8H2,1-4H3;5-12H,1-4H3;5-13H,3-4H2,1-2H3;3-11H,1-2H3;1-9H,14H2;1H4. The Kier molecular flexibility index (Phi) is 30.8. The van der Waals surface area contributed by atoms with Crippen LogP contribution in [-0.2, 0) is 0 Å². The third kappa shape index (κ3) is 22.2. The highest BCUT2D eigenvalue weighted by atomic mass is 16.1. The van der Waals surface area contributed by atoms with Crippen LogP contribution in [0.2, 0.25) is 0 Å². The molecule has 10 aromatic carbocycles. The minimum Gasteiger partial charge on any atom is -0.399 e. The van der Waals surface area contributed by atoms with Crippen molar-refractivity contribution < 1.29 is 24.0 Å². The summed E-state index contributed by atoms with van der Waals surface area (Å²) >= 11 is 0. The van der Waals surface area contributed by atoms with Crippen LogP contribution in [0.15, 0.2) is 261 Å². The van der Waals surface area contributed by atoms with Crippen molar-refractivity contribution in [3.05, 3.63) is 316 Å². The Hall–Kier alpha value is -10.9. The molecule has 0 saturated carbocycles. The molecule has 0 bridgehead atoms. The second-order valence-electron chi connectivity index (χ2n) is 22.8. The quantitative estimate of drug-likeness (QED) is 0.0512. The van der Waals surface area contributed by atoms with E-state index in [-0.39, 0.29) is 36.3 Å². The Labute approximate surface area is 571 Å². The van der Waals surface area contributed by atoms with Crippen LogP contribution in [0.5, 0.6) is 0 Å². The molecule has 0 heterocycles. The van der Waals surface area contributed by atoms with Gasteiger partial charge in [0.05, 0.1) is 0 Å². The fourth-order valence-corrected chi connectivity index (χ4v) is 10.2. The van der Waals surface area contributed by atoms with Crippen molar-refractivity contribution in [2.75, 3.05) is 117 Å². The second kappa shape index (κ2) is 39.0. The molecule has 0 aliphatic heterocycles. The molecular weight excluding hydrogens is 1190 g/mol. The van der Waals surface area contributed by atoms with Gasteiger partial charge in [-0.3, -0.25) is 24.0 Å². The Bertz CT molecular complexity index is 3810. The van der Waals surface area contributed by atoms with Crippen molar-refractivity contribution in [1.82, 2.24) is 0 Å². The molecule has 0 radical (unpaired) electrons. The molecule has 498 valence electrons.